The van der Waals surface area contributed by atoms with Crippen LogP contribution in [0, 0.1) is 0 Å². The van der Waals surface area contributed by atoms with Gasteiger partial charge in [-0.25, -0.2) is 0 Å². The molecule has 0 heterocycles. The molecule has 0 unspecified atom stereocenters. The molecule has 1 amide bonds. The number of nitrogens with zero attached hydrogens (tertiary/aromatic N) is 1. The van der Waals surface area contributed by atoms with Crippen LogP contribution in [0.25, 0.3) is 10.8 Å². The standard InChI is InChI=1S/C13H13N3O3/c14-11(16-19)7-15-13(18)10-6-5-8-3-1-2-4-9(8)12(10)17/h1-6,17,19H,7H2,(H2,14,16)(H,15,18). The first-order valence-electron chi connectivity index (χ1n) is 5.59. The fourth-order valence-corrected chi connectivity index (χ4v) is 1.74. The number of benzene rings is 2. The Morgan fingerprint density at radius 3 is 2.74 bits per heavy atom. The molecule has 98 valence electrons. The molecule has 6 nitrogen and oxygen atoms in total. The van der Waals surface area contributed by atoms with Gasteiger partial charge in [-0.3, -0.25) is 4.79 Å². The van der Waals surface area contributed by atoms with Crippen LogP contribution in [-0.2, 0) is 0 Å². The molecule has 0 atom stereocenters. The zero-order valence-corrected chi connectivity index (χ0v) is 10.00. The molecule has 0 spiro atoms. The monoisotopic (exact) mass is 259 g/mol. The van der Waals surface area contributed by atoms with Gasteiger partial charge in [-0.1, -0.05) is 35.5 Å². The Morgan fingerprint density at radius 1 is 1.26 bits per heavy atom. The molecule has 0 radical (unpaired) electrons. The van der Waals surface area contributed by atoms with E-state index in [1.807, 2.05) is 12.1 Å². The van der Waals surface area contributed by atoms with Crippen molar-refractivity contribution in [3.63, 3.8) is 0 Å². The molecular formula is C13H13N3O3. The van der Waals surface area contributed by atoms with Crippen molar-refractivity contribution in [1.82, 2.24) is 5.32 Å². The molecule has 0 saturated heterocycles. The largest absolute Gasteiger partial charge is 0.506 e. The first kappa shape index (κ1) is 12.7. The number of oxime groups is 1. The molecular weight excluding hydrogens is 246 g/mol. The molecule has 2 rings (SSSR count). The average Bonchev–Trinajstić information content (AvgIpc) is 2.45. The van der Waals surface area contributed by atoms with Crippen molar-refractivity contribution in [1.29, 1.82) is 0 Å². The predicted octanol–water partition coefficient (Wildman–Crippen LogP) is 1.02. The van der Waals surface area contributed by atoms with Gasteiger partial charge in [0, 0.05) is 5.39 Å². The molecule has 0 aliphatic rings. The number of nitrogens with one attached hydrogen (secondary N) is 1. The second-order valence-corrected chi connectivity index (χ2v) is 3.96. The third kappa shape index (κ3) is 2.57. The number of fused-ring (bicyclic) bond motifs is 1. The lowest BCUT2D eigenvalue weighted by atomic mass is 10.0. The van der Waals surface area contributed by atoms with E-state index in [1.165, 1.54) is 6.07 Å². The highest BCUT2D eigenvalue weighted by Crippen LogP contribution is 2.28. The molecule has 6 heteroatoms. The minimum atomic E-state index is -0.491. The normalized spacial score (nSPS) is 11.5. The van der Waals surface area contributed by atoms with Gasteiger partial charge in [-0.05, 0) is 11.5 Å². The molecule has 0 saturated carbocycles. The van der Waals surface area contributed by atoms with Crippen LogP contribution in [0.4, 0.5) is 0 Å². The summed E-state index contributed by atoms with van der Waals surface area (Å²) in [4.78, 5) is 11.9. The van der Waals surface area contributed by atoms with Gasteiger partial charge in [-0.15, -0.1) is 0 Å². The van der Waals surface area contributed by atoms with Gasteiger partial charge in [0.2, 0.25) is 0 Å². The first-order chi connectivity index (χ1) is 9.13. The molecule has 0 aliphatic carbocycles. The summed E-state index contributed by atoms with van der Waals surface area (Å²) in [5.74, 6) is -0.696. The number of phenols is 1. The number of aromatic hydroxyl groups is 1. The Bertz CT molecular complexity index is 653. The number of amidine groups is 1. The number of hydrogen-bond acceptors (Lipinski definition) is 4. The van der Waals surface area contributed by atoms with Gasteiger partial charge in [0.25, 0.3) is 5.91 Å². The lowest BCUT2D eigenvalue weighted by Gasteiger charge is -2.08. The zero-order chi connectivity index (χ0) is 13.8. The topological polar surface area (TPSA) is 108 Å². The van der Waals surface area contributed by atoms with E-state index >= 15 is 0 Å². The van der Waals surface area contributed by atoms with E-state index in [2.05, 4.69) is 10.5 Å². The number of carbonyl (C=O) groups is 1. The van der Waals surface area contributed by atoms with Crippen molar-refractivity contribution in [2.75, 3.05) is 6.54 Å². The predicted molar refractivity (Wildman–Crippen MR) is 71.4 cm³/mol. The van der Waals surface area contributed by atoms with E-state index in [4.69, 9.17) is 10.9 Å². The van der Waals surface area contributed by atoms with Crippen molar-refractivity contribution in [3.05, 3.63) is 42.0 Å². The molecule has 0 bridgehead atoms. The van der Waals surface area contributed by atoms with Crippen molar-refractivity contribution >= 4 is 22.5 Å². The maximum Gasteiger partial charge on any atom is 0.255 e. The molecule has 0 aliphatic heterocycles. The van der Waals surface area contributed by atoms with Crippen LogP contribution in [0.3, 0.4) is 0 Å². The number of rotatable bonds is 3. The fourth-order valence-electron chi connectivity index (χ4n) is 1.74. The second-order valence-electron chi connectivity index (χ2n) is 3.96. The summed E-state index contributed by atoms with van der Waals surface area (Å²) >= 11 is 0. The van der Waals surface area contributed by atoms with E-state index in [0.717, 1.165) is 5.39 Å². The molecule has 0 aromatic heterocycles. The lowest BCUT2D eigenvalue weighted by molar-refractivity contribution is 0.0956. The van der Waals surface area contributed by atoms with Crippen LogP contribution < -0.4 is 11.1 Å². The molecule has 2 aromatic carbocycles. The van der Waals surface area contributed by atoms with E-state index in [1.54, 1.807) is 18.2 Å². The van der Waals surface area contributed by atoms with E-state index in [0.29, 0.717) is 5.39 Å². The summed E-state index contributed by atoms with van der Waals surface area (Å²) in [5, 5.41) is 25.1. The van der Waals surface area contributed by atoms with Gasteiger partial charge in [0.05, 0.1) is 12.1 Å². The minimum Gasteiger partial charge on any atom is -0.506 e. The summed E-state index contributed by atoms with van der Waals surface area (Å²) in [7, 11) is 0. The first-order valence-corrected chi connectivity index (χ1v) is 5.59. The highest BCUT2D eigenvalue weighted by atomic mass is 16.4. The highest BCUT2D eigenvalue weighted by Gasteiger charge is 2.13. The van der Waals surface area contributed by atoms with Crippen molar-refractivity contribution in [2.24, 2.45) is 10.9 Å². The molecule has 2 aromatic rings. The number of nitrogens with two attached hydrogens (primary N) is 1. The smallest absolute Gasteiger partial charge is 0.255 e. The Kier molecular flexibility index (Phi) is 3.51. The van der Waals surface area contributed by atoms with E-state index in [9.17, 15) is 9.90 Å². The van der Waals surface area contributed by atoms with Crippen molar-refractivity contribution < 1.29 is 15.1 Å². The van der Waals surface area contributed by atoms with Gasteiger partial charge < -0.3 is 21.4 Å². The van der Waals surface area contributed by atoms with Crippen LogP contribution in [-0.4, -0.2) is 28.6 Å². The molecule has 5 N–H and O–H groups in total. The molecule has 19 heavy (non-hydrogen) atoms. The Balaban J connectivity index is 2.30. The number of carbonyl (C=O) groups excluding carboxylic acids is 1. The average molecular weight is 259 g/mol. The number of hydrogen-bond donors (Lipinski definition) is 4. The minimum absolute atomic E-state index is 0.0879. The summed E-state index contributed by atoms with van der Waals surface area (Å²) in [5.41, 5.74) is 5.39. The van der Waals surface area contributed by atoms with Crippen molar-refractivity contribution in [3.8, 4) is 5.75 Å². The van der Waals surface area contributed by atoms with Crippen LogP contribution in [0.5, 0.6) is 5.75 Å². The van der Waals surface area contributed by atoms with Crippen LogP contribution in [0.15, 0.2) is 41.6 Å². The summed E-state index contributed by atoms with van der Waals surface area (Å²) in [6.45, 7) is -0.0956. The number of phenolic OH excluding ortho intramolecular Hbond substituents is 1. The van der Waals surface area contributed by atoms with Crippen LogP contribution in [0.1, 0.15) is 10.4 Å². The van der Waals surface area contributed by atoms with Crippen LogP contribution in [0.2, 0.25) is 0 Å². The third-order valence-electron chi connectivity index (χ3n) is 2.70. The van der Waals surface area contributed by atoms with Crippen LogP contribution >= 0.6 is 0 Å². The van der Waals surface area contributed by atoms with E-state index in [-0.39, 0.29) is 23.7 Å². The lowest BCUT2D eigenvalue weighted by Crippen LogP contribution is -2.33. The van der Waals surface area contributed by atoms with Gasteiger partial charge >= 0.3 is 0 Å². The van der Waals surface area contributed by atoms with E-state index < -0.39 is 5.91 Å². The summed E-state index contributed by atoms with van der Waals surface area (Å²) in [6.07, 6.45) is 0. The Morgan fingerprint density at radius 2 is 2.00 bits per heavy atom. The second kappa shape index (κ2) is 5.26. The van der Waals surface area contributed by atoms with Gasteiger partial charge in [-0.2, -0.15) is 0 Å². The highest BCUT2D eigenvalue weighted by molar-refractivity contribution is 6.04. The third-order valence-corrected chi connectivity index (χ3v) is 2.70. The quantitative estimate of drug-likeness (QED) is 0.285. The maximum atomic E-state index is 11.9. The Labute approximate surface area is 109 Å². The molecule has 0 fully saturated rings. The van der Waals surface area contributed by atoms with Gasteiger partial charge in [0.1, 0.15) is 5.75 Å². The number of amides is 1. The maximum absolute atomic E-state index is 11.9. The summed E-state index contributed by atoms with van der Waals surface area (Å²) < 4.78 is 0. The van der Waals surface area contributed by atoms with Crippen molar-refractivity contribution in [2.45, 2.75) is 0 Å². The zero-order valence-electron chi connectivity index (χ0n) is 10.00. The Hall–Kier alpha value is -2.76. The van der Waals surface area contributed by atoms with Gasteiger partial charge in [0.15, 0.2) is 5.84 Å². The fraction of sp³-hybridized carbons (Fsp3) is 0.0769. The summed E-state index contributed by atoms with van der Waals surface area (Å²) in [6, 6.07) is 10.5. The SMILES string of the molecule is N/C(CNC(=O)c1ccc2ccccc2c1O)=N\O.